The lowest BCUT2D eigenvalue weighted by molar-refractivity contribution is 0.0527. The molecule has 0 fully saturated rings. The Hall–Kier alpha value is -3.03. The minimum Gasteiger partial charge on any atom is -0.444 e. The Bertz CT molecular complexity index is 854. The van der Waals surface area contributed by atoms with E-state index in [4.69, 9.17) is 4.74 Å². The van der Waals surface area contributed by atoms with Gasteiger partial charge >= 0.3 is 6.09 Å². The molecule has 2 aromatic rings. The summed E-state index contributed by atoms with van der Waals surface area (Å²) in [5, 5.41) is 9.33. The van der Waals surface area contributed by atoms with Gasteiger partial charge in [-0.25, -0.2) is 14.8 Å². The molecule has 170 valence electrons. The lowest BCUT2D eigenvalue weighted by Gasteiger charge is -2.19. The number of aromatic nitrogens is 2. The number of rotatable bonds is 9. The van der Waals surface area contributed by atoms with Crippen molar-refractivity contribution in [3.05, 3.63) is 53.6 Å². The lowest BCUT2D eigenvalue weighted by atomic mass is 10.1. The number of aliphatic imine (C=N–C) groups is 1. The minimum absolute atomic E-state index is 0.390. The number of nitrogens with one attached hydrogen (secondary N) is 3. The van der Waals surface area contributed by atoms with Crippen molar-refractivity contribution in [2.75, 3.05) is 19.6 Å². The van der Waals surface area contributed by atoms with Crippen molar-refractivity contribution >= 4 is 12.1 Å². The molecular weight excluding hydrogens is 392 g/mol. The van der Waals surface area contributed by atoms with Gasteiger partial charge in [-0.2, -0.15) is 0 Å². The average molecular weight is 429 g/mol. The van der Waals surface area contributed by atoms with Gasteiger partial charge in [0.1, 0.15) is 11.4 Å². The molecule has 3 N–H and O–H groups in total. The van der Waals surface area contributed by atoms with E-state index in [-0.39, 0.29) is 6.09 Å². The number of guanidine groups is 1. The second-order valence-electron chi connectivity index (χ2n) is 8.33. The van der Waals surface area contributed by atoms with Crippen molar-refractivity contribution in [2.45, 2.75) is 59.7 Å². The summed E-state index contributed by atoms with van der Waals surface area (Å²) in [6.07, 6.45) is 4.19. The molecule has 0 saturated carbocycles. The molecule has 1 aromatic heterocycles. The van der Waals surface area contributed by atoms with Gasteiger partial charge < -0.3 is 25.3 Å². The molecule has 0 aliphatic carbocycles. The van der Waals surface area contributed by atoms with Crippen LogP contribution in [0.25, 0.3) is 0 Å². The number of carbonyl (C=O) groups is 1. The van der Waals surface area contributed by atoms with Crippen LogP contribution in [-0.2, 0) is 17.8 Å². The maximum absolute atomic E-state index is 11.7. The van der Waals surface area contributed by atoms with Crippen LogP contribution in [0.1, 0.15) is 51.1 Å². The molecule has 31 heavy (non-hydrogen) atoms. The molecule has 0 aliphatic rings. The van der Waals surface area contributed by atoms with E-state index in [2.05, 4.69) is 54.8 Å². The molecule has 8 heteroatoms. The molecule has 1 amide bonds. The van der Waals surface area contributed by atoms with Crippen LogP contribution in [0.15, 0.2) is 41.7 Å². The number of ether oxygens (including phenoxy) is 1. The highest BCUT2D eigenvalue weighted by molar-refractivity contribution is 5.79. The van der Waals surface area contributed by atoms with Crippen LogP contribution in [-0.4, -0.2) is 46.8 Å². The monoisotopic (exact) mass is 428 g/mol. The Morgan fingerprint density at radius 2 is 1.90 bits per heavy atom. The van der Waals surface area contributed by atoms with Crippen molar-refractivity contribution in [3.8, 4) is 0 Å². The molecule has 0 spiro atoms. The summed E-state index contributed by atoms with van der Waals surface area (Å²) < 4.78 is 7.35. The Morgan fingerprint density at radius 3 is 2.58 bits per heavy atom. The zero-order valence-electron chi connectivity index (χ0n) is 19.4. The predicted molar refractivity (Wildman–Crippen MR) is 124 cm³/mol. The van der Waals surface area contributed by atoms with Gasteiger partial charge in [-0.1, -0.05) is 24.3 Å². The second kappa shape index (κ2) is 12.0. The normalized spacial score (nSPS) is 11.8. The summed E-state index contributed by atoms with van der Waals surface area (Å²) in [5.74, 6) is 1.76. The third kappa shape index (κ3) is 9.55. The molecule has 8 nitrogen and oxygen atoms in total. The van der Waals surface area contributed by atoms with Crippen LogP contribution < -0.4 is 16.0 Å². The Balaban J connectivity index is 1.81. The number of carbonyl (C=O) groups excluding carboxylic acids is 1. The third-order valence-electron chi connectivity index (χ3n) is 4.35. The Morgan fingerprint density at radius 1 is 1.16 bits per heavy atom. The highest BCUT2D eigenvalue weighted by atomic mass is 16.6. The Labute approximate surface area is 185 Å². The number of alkyl carbamates (subject to hydrolysis) is 1. The zero-order chi connectivity index (χ0) is 22.7. The van der Waals surface area contributed by atoms with E-state index >= 15 is 0 Å². The van der Waals surface area contributed by atoms with Crippen molar-refractivity contribution in [1.29, 1.82) is 0 Å². The van der Waals surface area contributed by atoms with E-state index in [0.29, 0.717) is 19.6 Å². The number of nitrogens with zero attached hydrogens (tertiary/aromatic N) is 3. The smallest absolute Gasteiger partial charge is 0.407 e. The molecule has 0 atom stereocenters. The molecule has 0 bridgehead atoms. The van der Waals surface area contributed by atoms with Gasteiger partial charge in [0.25, 0.3) is 0 Å². The quantitative estimate of drug-likeness (QED) is 0.324. The van der Waals surface area contributed by atoms with Gasteiger partial charge in [0.15, 0.2) is 5.96 Å². The van der Waals surface area contributed by atoms with Gasteiger partial charge in [-0.15, -0.1) is 0 Å². The maximum atomic E-state index is 11.7. The SMILES string of the molecule is CCNC(=NCc1cccc(Cn2ccnc2C)c1)NCCCNC(=O)OC(C)(C)C. The third-order valence-corrected chi connectivity index (χ3v) is 4.35. The number of aryl methyl sites for hydroxylation is 1. The van der Waals surface area contributed by atoms with Crippen molar-refractivity contribution in [2.24, 2.45) is 4.99 Å². The first kappa shape index (κ1) is 24.2. The van der Waals surface area contributed by atoms with Crippen molar-refractivity contribution in [1.82, 2.24) is 25.5 Å². The van der Waals surface area contributed by atoms with Gasteiger partial charge in [0.05, 0.1) is 6.54 Å². The first-order valence-electron chi connectivity index (χ1n) is 10.8. The van der Waals surface area contributed by atoms with Crippen molar-refractivity contribution in [3.63, 3.8) is 0 Å². The fraction of sp³-hybridized carbons (Fsp3) is 0.522. The fourth-order valence-electron chi connectivity index (χ4n) is 2.91. The van der Waals surface area contributed by atoms with Crippen LogP contribution in [0.5, 0.6) is 0 Å². The van der Waals surface area contributed by atoms with Gasteiger partial charge in [-0.05, 0) is 52.2 Å². The first-order valence-corrected chi connectivity index (χ1v) is 10.8. The van der Waals surface area contributed by atoms with Crippen molar-refractivity contribution < 1.29 is 9.53 Å². The predicted octanol–water partition coefficient (Wildman–Crippen LogP) is 3.21. The maximum Gasteiger partial charge on any atom is 0.407 e. The number of hydrogen-bond donors (Lipinski definition) is 3. The lowest BCUT2D eigenvalue weighted by Crippen LogP contribution is -2.39. The molecule has 0 unspecified atom stereocenters. The second-order valence-corrected chi connectivity index (χ2v) is 8.33. The summed E-state index contributed by atoms with van der Waals surface area (Å²) in [4.78, 5) is 20.6. The fourth-order valence-corrected chi connectivity index (χ4v) is 2.91. The largest absolute Gasteiger partial charge is 0.444 e. The number of hydrogen-bond acceptors (Lipinski definition) is 4. The van der Waals surface area contributed by atoms with Crippen LogP contribution in [0.2, 0.25) is 0 Å². The molecule has 0 radical (unpaired) electrons. The number of amides is 1. The summed E-state index contributed by atoms with van der Waals surface area (Å²) in [6.45, 7) is 13.0. The molecule has 1 heterocycles. The van der Waals surface area contributed by atoms with Crippen LogP contribution in [0.3, 0.4) is 0 Å². The number of imidazole rings is 1. The van der Waals surface area contributed by atoms with E-state index in [1.165, 1.54) is 5.56 Å². The summed E-state index contributed by atoms with van der Waals surface area (Å²) in [5.41, 5.74) is 1.89. The van der Waals surface area contributed by atoms with Gasteiger partial charge in [0, 0.05) is 38.6 Å². The standard InChI is InChI=1S/C23H36N6O2/c1-6-24-21(26-11-8-12-27-22(30)31-23(3,4)5)28-16-19-9-7-10-20(15-19)17-29-14-13-25-18(29)2/h7,9-10,13-15H,6,8,11-12,16-17H2,1-5H3,(H,27,30)(H2,24,26,28). The topological polar surface area (TPSA) is 92.6 Å². The van der Waals surface area contributed by atoms with E-state index in [1.807, 2.05) is 47.0 Å². The van der Waals surface area contributed by atoms with E-state index in [1.54, 1.807) is 0 Å². The average Bonchev–Trinajstić information content (AvgIpc) is 3.09. The molecule has 1 aromatic carbocycles. The van der Waals surface area contributed by atoms with Crippen LogP contribution >= 0.6 is 0 Å². The summed E-state index contributed by atoms with van der Waals surface area (Å²) in [7, 11) is 0. The highest BCUT2D eigenvalue weighted by Gasteiger charge is 2.15. The zero-order valence-corrected chi connectivity index (χ0v) is 19.4. The van der Waals surface area contributed by atoms with E-state index < -0.39 is 5.60 Å². The van der Waals surface area contributed by atoms with Gasteiger partial charge in [0.2, 0.25) is 0 Å². The first-order chi connectivity index (χ1) is 14.8. The van der Waals surface area contributed by atoms with E-state index in [9.17, 15) is 4.79 Å². The van der Waals surface area contributed by atoms with Crippen LogP contribution in [0.4, 0.5) is 4.79 Å². The number of benzene rings is 1. The van der Waals surface area contributed by atoms with Crippen LogP contribution in [0, 0.1) is 6.92 Å². The molecule has 0 saturated heterocycles. The van der Waals surface area contributed by atoms with Gasteiger partial charge in [-0.3, -0.25) is 0 Å². The van der Waals surface area contributed by atoms with E-state index in [0.717, 1.165) is 36.9 Å². The Kier molecular flexibility index (Phi) is 9.37. The minimum atomic E-state index is -0.484. The summed E-state index contributed by atoms with van der Waals surface area (Å²) in [6, 6.07) is 8.45. The highest BCUT2D eigenvalue weighted by Crippen LogP contribution is 2.10. The molecular formula is C23H36N6O2. The molecule has 0 aliphatic heterocycles. The molecule has 2 rings (SSSR count). The summed E-state index contributed by atoms with van der Waals surface area (Å²) >= 11 is 0.